The average Bonchev–Trinajstić information content (AvgIpc) is 2.97. The summed E-state index contributed by atoms with van der Waals surface area (Å²) >= 11 is 0. The van der Waals surface area contributed by atoms with Gasteiger partial charge in [0.25, 0.3) is 0 Å². The molecule has 3 aliphatic rings. The lowest BCUT2D eigenvalue weighted by Gasteiger charge is -2.47. The van der Waals surface area contributed by atoms with E-state index in [1.807, 2.05) is 6.08 Å². The lowest BCUT2D eigenvalue weighted by Crippen LogP contribution is -2.52. The summed E-state index contributed by atoms with van der Waals surface area (Å²) in [4.78, 5) is 14.5. The van der Waals surface area contributed by atoms with Gasteiger partial charge in [-0.15, -0.1) is 6.58 Å². The smallest absolute Gasteiger partial charge is 0.133 e. The Kier molecular flexibility index (Phi) is 5.55. The van der Waals surface area contributed by atoms with Gasteiger partial charge in [0, 0.05) is 55.0 Å². The van der Waals surface area contributed by atoms with E-state index in [0.29, 0.717) is 24.2 Å². The van der Waals surface area contributed by atoms with E-state index in [1.165, 1.54) is 22.0 Å². The minimum Gasteiger partial charge on any atom is -0.374 e. The molecular formula is C26H34N2O2. The maximum atomic E-state index is 11.8. The highest BCUT2D eigenvalue weighted by Gasteiger charge is 2.41. The highest BCUT2D eigenvalue weighted by molar-refractivity contribution is 5.89. The van der Waals surface area contributed by atoms with Crippen LogP contribution in [0.15, 0.2) is 37.1 Å². The zero-order valence-electron chi connectivity index (χ0n) is 18.2. The van der Waals surface area contributed by atoms with E-state index in [9.17, 15) is 4.79 Å². The molecule has 1 aliphatic heterocycles. The number of aromatic nitrogens is 1. The van der Waals surface area contributed by atoms with Gasteiger partial charge in [0.05, 0.1) is 12.2 Å². The van der Waals surface area contributed by atoms with Crippen molar-refractivity contribution in [3.8, 4) is 0 Å². The third kappa shape index (κ3) is 3.54. The van der Waals surface area contributed by atoms with E-state index in [1.54, 1.807) is 0 Å². The zero-order chi connectivity index (χ0) is 20.7. The fourth-order valence-corrected chi connectivity index (χ4v) is 6.21. The summed E-state index contributed by atoms with van der Waals surface area (Å²) in [5.41, 5.74) is 4.34. The van der Waals surface area contributed by atoms with Crippen molar-refractivity contribution >= 4 is 16.7 Å². The molecule has 1 saturated heterocycles. The topological polar surface area (TPSA) is 34.5 Å². The summed E-state index contributed by atoms with van der Waals surface area (Å²) in [6.07, 6.45) is 11.4. The number of benzene rings is 1. The predicted octanol–water partition coefficient (Wildman–Crippen LogP) is 4.85. The van der Waals surface area contributed by atoms with Crippen molar-refractivity contribution in [3.63, 3.8) is 0 Å². The number of piperidine rings is 1. The van der Waals surface area contributed by atoms with Gasteiger partial charge in [-0.05, 0) is 55.8 Å². The van der Waals surface area contributed by atoms with Crippen LogP contribution in [0.2, 0.25) is 0 Å². The quantitative estimate of drug-likeness (QED) is 0.526. The Labute approximate surface area is 179 Å². The van der Waals surface area contributed by atoms with Crippen LogP contribution in [0, 0.1) is 0 Å². The van der Waals surface area contributed by atoms with E-state index >= 15 is 0 Å². The van der Waals surface area contributed by atoms with Crippen molar-refractivity contribution in [2.45, 2.75) is 82.6 Å². The molecule has 0 spiro atoms. The molecule has 0 amide bonds. The lowest BCUT2D eigenvalue weighted by atomic mass is 9.74. The number of rotatable bonds is 5. The molecule has 160 valence electrons. The Morgan fingerprint density at radius 2 is 2.13 bits per heavy atom. The van der Waals surface area contributed by atoms with Crippen LogP contribution in [0.3, 0.4) is 0 Å². The molecule has 2 aliphatic carbocycles. The van der Waals surface area contributed by atoms with Crippen molar-refractivity contribution < 1.29 is 9.53 Å². The normalized spacial score (nSPS) is 29.6. The molecule has 4 nitrogen and oxygen atoms in total. The van der Waals surface area contributed by atoms with E-state index in [2.05, 4.69) is 47.4 Å². The van der Waals surface area contributed by atoms with Crippen molar-refractivity contribution in [2.75, 3.05) is 13.1 Å². The van der Waals surface area contributed by atoms with E-state index < -0.39 is 0 Å². The van der Waals surface area contributed by atoms with Gasteiger partial charge in [-0.25, -0.2) is 0 Å². The second-order valence-corrected chi connectivity index (χ2v) is 9.39. The first-order chi connectivity index (χ1) is 14.7. The maximum absolute atomic E-state index is 11.8. The molecule has 4 atom stereocenters. The van der Waals surface area contributed by atoms with Crippen LogP contribution in [-0.4, -0.2) is 46.6 Å². The first kappa shape index (κ1) is 20.0. The number of ketones is 1. The number of carbonyl (C=O) groups excluding carboxylic acids is 1. The molecular weight excluding hydrogens is 372 g/mol. The van der Waals surface area contributed by atoms with Gasteiger partial charge in [-0.1, -0.05) is 25.1 Å². The first-order valence-corrected chi connectivity index (χ1v) is 11.8. The summed E-state index contributed by atoms with van der Waals surface area (Å²) in [6.45, 7) is 9.16. The van der Waals surface area contributed by atoms with Gasteiger partial charge in [0.1, 0.15) is 5.78 Å². The highest BCUT2D eigenvalue weighted by Crippen LogP contribution is 2.44. The highest BCUT2D eigenvalue weighted by atomic mass is 16.5. The lowest BCUT2D eigenvalue weighted by molar-refractivity contribution is -0.119. The molecule has 1 aromatic carbocycles. The van der Waals surface area contributed by atoms with Crippen LogP contribution >= 0.6 is 0 Å². The van der Waals surface area contributed by atoms with Crippen molar-refractivity contribution in [3.05, 3.63) is 48.2 Å². The molecule has 30 heavy (non-hydrogen) atoms. The number of hydrogen-bond donors (Lipinski definition) is 0. The third-order valence-electron chi connectivity index (χ3n) is 7.58. The number of likely N-dealkylation sites (tertiary alicyclic amines) is 1. The molecule has 5 rings (SSSR count). The van der Waals surface area contributed by atoms with Crippen LogP contribution in [-0.2, 0) is 22.5 Å². The minimum absolute atomic E-state index is 0.250. The average molecular weight is 407 g/mol. The van der Waals surface area contributed by atoms with Gasteiger partial charge in [-0.2, -0.15) is 0 Å². The number of allylic oxidation sites excluding steroid dienone is 1. The van der Waals surface area contributed by atoms with E-state index in [4.69, 9.17) is 4.74 Å². The molecule has 1 saturated carbocycles. The minimum atomic E-state index is 0.250. The number of ether oxygens (including phenoxy) is 1. The Bertz CT molecular complexity index is 946. The molecule has 0 radical (unpaired) electrons. The first-order valence-electron chi connectivity index (χ1n) is 11.8. The molecule has 1 aromatic heterocycles. The van der Waals surface area contributed by atoms with Gasteiger partial charge in [-0.3, -0.25) is 9.69 Å². The number of nitrogens with zero attached hydrogens (tertiary/aromatic N) is 2. The monoisotopic (exact) mass is 406 g/mol. The van der Waals surface area contributed by atoms with Crippen molar-refractivity contribution in [2.24, 2.45) is 0 Å². The molecule has 2 fully saturated rings. The number of hydrogen-bond acceptors (Lipinski definition) is 3. The molecule has 2 unspecified atom stereocenters. The van der Waals surface area contributed by atoms with Gasteiger partial charge >= 0.3 is 0 Å². The molecule has 4 heteroatoms. The van der Waals surface area contributed by atoms with Gasteiger partial charge < -0.3 is 9.30 Å². The van der Waals surface area contributed by atoms with Crippen LogP contribution in [0.5, 0.6) is 0 Å². The molecule has 0 N–H and O–H groups in total. The van der Waals surface area contributed by atoms with Crippen molar-refractivity contribution in [1.29, 1.82) is 0 Å². The number of likely N-dealkylation sites (N-methyl/N-ethyl adjacent to an activating group) is 1. The van der Waals surface area contributed by atoms with E-state index in [0.717, 1.165) is 58.2 Å². The largest absolute Gasteiger partial charge is 0.374 e. The zero-order valence-corrected chi connectivity index (χ0v) is 18.2. The van der Waals surface area contributed by atoms with Gasteiger partial charge in [0.2, 0.25) is 0 Å². The molecule has 2 heterocycles. The fourth-order valence-electron chi connectivity index (χ4n) is 6.21. The van der Waals surface area contributed by atoms with E-state index in [-0.39, 0.29) is 12.2 Å². The molecule has 0 bridgehead atoms. The Morgan fingerprint density at radius 1 is 1.23 bits per heavy atom. The van der Waals surface area contributed by atoms with Gasteiger partial charge in [0.15, 0.2) is 0 Å². The molecule has 2 aromatic rings. The third-order valence-corrected chi connectivity index (χ3v) is 7.58. The summed E-state index contributed by atoms with van der Waals surface area (Å²) in [5.74, 6) is 0.933. The standard InChI is InChI=1S/C26H34N2O2/c1-3-13-28-16-18-14-25-23(22-9-6-10-24(28)26(18)22)15-21(17-27(25)4-2)30-20-8-5-7-19(29)11-12-20/h3,6,9-10,16,20-21,23,25H,1,4-5,7-8,11-15,17H2,2H3/t20?,21-,23?,25-/m1/s1. The second-order valence-electron chi connectivity index (χ2n) is 9.39. The predicted molar refractivity (Wildman–Crippen MR) is 121 cm³/mol. The second kappa shape index (κ2) is 8.32. The number of fused-ring (bicyclic) bond motifs is 2. The number of carbonyl (C=O) groups is 1. The van der Waals surface area contributed by atoms with Crippen LogP contribution in [0.1, 0.15) is 62.5 Å². The Balaban J connectivity index is 1.43. The van der Waals surface area contributed by atoms with Crippen LogP contribution in [0.4, 0.5) is 0 Å². The SMILES string of the molecule is C=CCn1cc2c3c(cccc31)C1C[C@@H](OC3CCCC(=O)CC3)CN(CC)[C@@H]1C2. The maximum Gasteiger partial charge on any atom is 0.133 e. The Morgan fingerprint density at radius 3 is 2.97 bits per heavy atom. The van der Waals surface area contributed by atoms with Crippen LogP contribution in [0.25, 0.3) is 10.9 Å². The number of Topliss-reactive ketones (excluding diaryl/α,β-unsaturated/α-hetero) is 1. The summed E-state index contributed by atoms with van der Waals surface area (Å²) < 4.78 is 9.01. The summed E-state index contributed by atoms with van der Waals surface area (Å²) in [5, 5.41) is 1.47. The fraction of sp³-hybridized carbons (Fsp3) is 0.577. The summed E-state index contributed by atoms with van der Waals surface area (Å²) in [7, 11) is 0. The van der Waals surface area contributed by atoms with Crippen molar-refractivity contribution in [1.82, 2.24) is 9.47 Å². The van der Waals surface area contributed by atoms with Crippen LogP contribution < -0.4 is 0 Å². The summed E-state index contributed by atoms with van der Waals surface area (Å²) in [6, 6.07) is 7.38. The Hall–Kier alpha value is -1.91.